The molecule has 2 aliphatic heterocycles. The predicted octanol–water partition coefficient (Wildman–Crippen LogP) is 4.69. The topological polar surface area (TPSA) is 29.5 Å². The quantitative estimate of drug-likeness (QED) is 0.752. The van der Waals surface area contributed by atoms with E-state index in [0.29, 0.717) is 12.0 Å². The van der Waals surface area contributed by atoms with Gasteiger partial charge in [-0.15, -0.1) is 0 Å². The number of benzene rings is 1. The Labute approximate surface area is 137 Å². The molecule has 1 aromatic carbocycles. The highest BCUT2D eigenvalue weighted by molar-refractivity contribution is 5.75. The molecule has 1 saturated heterocycles. The summed E-state index contributed by atoms with van der Waals surface area (Å²) < 4.78 is 19.7. The molecule has 2 unspecified atom stereocenters. The van der Waals surface area contributed by atoms with Crippen molar-refractivity contribution in [2.45, 2.75) is 64.6 Å². The number of carbonyl (C=O) groups excluding carboxylic acids is 1. The fraction of sp³-hybridized carbons (Fsp3) is 0.526. The Morgan fingerprint density at radius 2 is 2.04 bits per heavy atom. The number of aryl methyl sites for hydroxylation is 1. The van der Waals surface area contributed by atoms with Gasteiger partial charge in [-0.25, -0.2) is 9.18 Å². The number of rotatable bonds is 1. The highest BCUT2D eigenvalue weighted by atomic mass is 19.1. The maximum atomic E-state index is 14.2. The van der Waals surface area contributed by atoms with Gasteiger partial charge >= 0.3 is 6.09 Å². The van der Waals surface area contributed by atoms with Crippen molar-refractivity contribution >= 4 is 11.7 Å². The van der Waals surface area contributed by atoms with Gasteiger partial charge in [0.15, 0.2) is 0 Å². The Morgan fingerprint density at radius 3 is 2.70 bits per heavy atom. The van der Waals surface area contributed by atoms with Crippen molar-refractivity contribution in [3.05, 3.63) is 41.2 Å². The van der Waals surface area contributed by atoms with Crippen molar-refractivity contribution in [2.24, 2.45) is 0 Å². The van der Waals surface area contributed by atoms with Gasteiger partial charge in [-0.05, 0) is 64.7 Å². The van der Waals surface area contributed by atoms with E-state index in [1.165, 1.54) is 6.07 Å². The third-order valence-electron chi connectivity index (χ3n) is 4.47. The molecule has 1 aromatic rings. The first-order chi connectivity index (χ1) is 10.7. The molecule has 0 N–H and O–H groups in total. The smallest absolute Gasteiger partial charge is 0.411 e. The molecule has 2 heterocycles. The van der Waals surface area contributed by atoms with Gasteiger partial charge in [-0.2, -0.15) is 0 Å². The second-order valence-corrected chi connectivity index (χ2v) is 7.57. The zero-order chi connectivity index (χ0) is 16.8. The van der Waals surface area contributed by atoms with Crippen LogP contribution in [0.3, 0.4) is 0 Å². The third-order valence-corrected chi connectivity index (χ3v) is 4.47. The first-order valence-corrected chi connectivity index (χ1v) is 8.23. The minimum atomic E-state index is -0.497. The van der Waals surface area contributed by atoms with E-state index in [4.69, 9.17) is 4.74 Å². The lowest BCUT2D eigenvalue weighted by molar-refractivity contribution is 0.0175. The molecule has 3 rings (SSSR count). The number of carbonyl (C=O) groups is 1. The van der Waals surface area contributed by atoms with Gasteiger partial charge in [0.1, 0.15) is 11.4 Å². The third kappa shape index (κ3) is 3.26. The lowest BCUT2D eigenvalue weighted by Crippen LogP contribution is -2.45. The van der Waals surface area contributed by atoms with Gasteiger partial charge in [0.05, 0.1) is 6.04 Å². The van der Waals surface area contributed by atoms with Gasteiger partial charge in [-0.1, -0.05) is 17.7 Å². The maximum absolute atomic E-state index is 14.2. The predicted molar refractivity (Wildman–Crippen MR) is 88.6 cm³/mol. The SMILES string of the molecule is Cc1ccc(F)c(C2=CC3CCC(C2)N3C(=O)OC(C)(C)C)c1. The van der Waals surface area contributed by atoms with Crippen LogP contribution in [0.2, 0.25) is 0 Å². The second kappa shape index (κ2) is 5.66. The highest BCUT2D eigenvalue weighted by Gasteiger charge is 2.41. The van der Waals surface area contributed by atoms with E-state index in [9.17, 15) is 9.18 Å². The van der Waals surface area contributed by atoms with Gasteiger partial charge < -0.3 is 4.74 Å². The summed E-state index contributed by atoms with van der Waals surface area (Å²) in [5, 5.41) is 0. The maximum Gasteiger partial charge on any atom is 0.411 e. The van der Waals surface area contributed by atoms with Crippen LogP contribution < -0.4 is 0 Å². The first-order valence-electron chi connectivity index (χ1n) is 8.23. The van der Waals surface area contributed by atoms with E-state index in [1.807, 2.05) is 44.7 Å². The molecule has 0 aliphatic carbocycles. The van der Waals surface area contributed by atoms with E-state index < -0.39 is 5.60 Å². The van der Waals surface area contributed by atoms with Crippen molar-refractivity contribution in [1.82, 2.24) is 4.90 Å². The van der Waals surface area contributed by atoms with Crippen molar-refractivity contribution in [3.63, 3.8) is 0 Å². The van der Waals surface area contributed by atoms with Gasteiger partial charge in [0, 0.05) is 11.6 Å². The van der Waals surface area contributed by atoms with Crippen LogP contribution in [0, 0.1) is 12.7 Å². The monoisotopic (exact) mass is 317 g/mol. The molecular weight excluding hydrogens is 293 g/mol. The summed E-state index contributed by atoms with van der Waals surface area (Å²) in [6.45, 7) is 7.59. The second-order valence-electron chi connectivity index (χ2n) is 7.57. The van der Waals surface area contributed by atoms with Crippen LogP contribution in [0.1, 0.15) is 51.2 Å². The van der Waals surface area contributed by atoms with E-state index in [2.05, 4.69) is 0 Å². The number of amides is 1. The molecule has 3 nitrogen and oxygen atoms in total. The van der Waals surface area contributed by atoms with E-state index in [0.717, 1.165) is 24.0 Å². The molecule has 2 aliphatic rings. The molecule has 0 saturated carbocycles. The Kier molecular flexibility index (Phi) is 3.95. The lowest BCUT2D eigenvalue weighted by Gasteiger charge is -2.35. The molecular formula is C19H24FNO2. The molecule has 1 fully saturated rings. The van der Waals surface area contributed by atoms with Crippen molar-refractivity contribution in [3.8, 4) is 0 Å². The first kappa shape index (κ1) is 16.0. The largest absolute Gasteiger partial charge is 0.444 e. The fourth-order valence-electron chi connectivity index (χ4n) is 3.51. The van der Waals surface area contributed by atoms with Crippen molar-refractivity contribution < 1.29 is 13.9 Å². The van der Waals surface area contributed by atoms with Crippen LogP contribution in [0.4, 0.5) is 9.18 Å². The molecule has 1 amide bonds. The van der Waals surface area contributed by atoms with E-state index >= 15 is 0 Å². The number of ether oxygens (including phenoxy) is 1. The Balaban J connectivity index is 1.86. The van der Waals surface area contributed by atoms with Crippen molar-refractivity contribution in [2.75, 3.05) is 0 Å². The normalized spacial score (nSPS) is 23.7. The fourth-order valence-corrected chi connectivity index (χ4v) is 3.51. The lowest BCUT2D eigenvalue weighted by atomic mass is 9.93. The Hall–Kier alpha value is -1.84. The summed E-state index contributed by atoms with van der Waals surface area (Å²) >= 11 is 0. The summed E-state index contributed by atoms with van der Waals surface area (Å²) in [5.74, 6) is -0.188. The summed E-state index contributed by atoms with van der Waals surface area (Å²) in [7, 11) is 0. The summed E-state index contributed by atoms with van der Waals surface area (Å²) in [6.07, 6.45) is 4.34. The minimum absolute atomic E-state index is 0.0125. The summed E-state index contributed by atoms with van der Waals surface area (Å²) in [4.78, 5) is 14.3. The number of hydrogen-bond acceptors (Lipinski definition) is 2. The average Bonchev–Trinajstić information content (AvgIpc) is 2.71. The van der Waals surface area contributed by atoms with Gasteiger partial charge in [0.25, 0.3) is 0 Å². The highest BCUT2D eigenvalue weighted by Crippen LogP contribution is 2.40. The number of hydrogen-bond donors (Lipinski definition) is 0. The molecule has 2 bridgehead atoms. The molecule has 23 heavy (non-hydrogen) atoms. The van der Waals surface area contributed by atoms with Crippen molar-refractivity contribution in [1.29, 1.82) is 0 Å². The number of nitrogens with zero attached hydrogens (tertiary/aromatic N) is 1. The Morgan fingerprint density at radius 1 is 1.30 bits per heavy atom. The van der Waals surface area contributed by atoms with Gasteiger partial charge in [-0.3, -0.25) is 4.90 Å². The van der Waals surface area contributed by atoms with Crippen LogP contribution in [-0.4, -0.2) is 28.7 Å². The standard InChI is InChI=1S/C19H24FNO2/c1-12-5-8-17(20)16(9-12)13-10-14-6-7-15(11-13)21(14)18(22)23-19(2,3)4/h5,8-10,14-15H,6-7,11H2,1-4H3. The summed E-state index contributed by atoms with van der Waals surface area (Å²) in [6, 6.07) is 5.31. The van der Waals surface area contributed by atoms with E-state index in [-0.39, 0.29) is 24.0 Å². The average molecular weight is 317 g/mol. The molecule has 124 valence electrons. The van der Waals surface area contributed by atoms with Crippen LogP contribution in [0.5, 0.6) is 0 Å². The zero-order valence-electron chi connectivity index (χ0n) is 14.2. The number of halogens is 1. The molecule has 4 heteroatoms. The minimum Gasteiger partial charge on any atom is -0.444 e. The molecule has 0 aromatic heterocycles. The van der Waals surface area contributed by atoms with Gasteiger partial charge in [0.2, 0.25) is 0 Å². The van der Waals surface area contributed by atoms with Crippen LogP contribution in [-0.2, 0) is 4.74 Å². The molecule has 0 radical (unpaired) electrons. The van der Waals surface area contributed by atoms with Crippen LogP contribution >= 0.6 is 0 Å². The molecule has 0 spiro atoms. The number of fused-ring (bicyclic) bond motifs is 2. The van der Waals surface area contributed by atoms with Crippen LogP contribution in [0.15, 0.2) is 24.3 Å². The summed E-state index contributed by atoms with van der Waals surface area (Å²) in [5.41, 5.74) is 2.23. The van der Waals surface area contributed by atoms with E-state index in [1.54, 1.807) is 6.07 Å². The Bertz CT molecular complexity index is 660. The molecule has 2 atom stereocenters. The van der Waals surface area contributed by atoms with Crippen LogP contribution in [0.25, 0.3) is 5.57 Å². The zero-order valence-corrected chi connectivity index (χ0v) is 14.2.